The summed E-state index contributed by atoms with van der Waals surface area (Å²) in [6.07, 6.45) is 1.88. The molecule has 0 aromatic rings. The standard InChI is InChI=1S/C6H9O3/c1-2-9-6(8)4-3-5-7/h3,5H,2,4H2,1H3. The van der Waals surface area contributed by atoms with E-state index in [2.05, 4.69) is 4.74 Å². The Morgan fingerprint density at radius 1 is 1.67 bits per heavy atom. The molecule has 51 valence electrons. The summed E-state index contributed by atoms with van der Waals surface area (Å²) in [5.41, 5.74) is 0. The quantitative estimate of drug-likeness (QED) is 0.419. The zero-order chi connectivity index (χ0) is 7.11. The Bertz CT molecular complexity index is 107. The van der Waals surface area contributed by atoms with Crippen molar-refractivity contribution < 1.29 is 14.6 Å². The maximum absolute atomic E-state index is 10.4. The highest BCUT2D eigenvalue weighted by molar-refractivity contribution is 5.70. The van der Waals surface area contributed by atoms with E-state index < -0.39 is 0 Å². The van der Waals surface area contributed by atoms with E-state index in [1.54, 1.807) is 6.92 Å². The van der Waals surface area contributed by atoms with Gasteiger partial charge < -0.3 is 4.74 Å². The van der Waals surface area contributed by atoms with Crippen LogP contribution < -0.4 is 0 Å². The number of esters is 1. The minimum atomic E-state index is -0.357. The Hall–Kier alpha value is -0.990. The molecule has 3 heteroatoms. The summed E-state index contributed by atoms with van der Waals surface area (Å²) in [6.45, 7) is 2.09. The van der Waals surface area contributed by atoms with E-state index in [0.717, 1.165) is 0 Å². The van der Waals surface area contributed by atoms with Crippen LogP contribution in [-0.2, 0) is 14.6 Å². The molecule has 0 spiro atoms. The lowest BCUT2D eigenvalue weighted by atomic mass is 10.4. The van der Waals surface area contributed by atoms with Crippen LogP contribution in [0.15, 0.2) is 12.3 Å². The van der Waals surface area contributed by atoms with Gasteiger partial charge in [-0.1, -0.05) is 0 Å². The molecule has 0 rings (SSSR count). The van der Waals surface area contributed by atoms with Gasteiger partial charge in [0.15, 0.2) is 0 Å². The van der Waals surface area contributed by atoms with Gasteiger partial charge in [0.2, 0.25) is 0 Å². The smallest absolute Gasteiger partial charge is 0.309 e. The van der Waals surface area contributed by atoms with Crippen LogP contribution in [0.4, 0.5) is 0 Å². The number of carbonyl (C=O) groups excluding carboxylic acids is 1. The van der Waals surface area contributed by atoms with Crippen molar-refractivity contribution in [2.24, 2.45) is 0 Å². The van der Waals surface area contributed by atoms with Crippen LogP contribution >= 0.6 is 0 Å². The highest BCUT2D eigenvalue weighted by atomic mass is 16.5. The first-order valence-electron chi connectivity index (χ1n) is 2.73. The van der Waals surface area contributed by atoms with Gasteiger partial charge in [0.05, 0.1) is 13.0 Å². The second-order valence-corrected chi connectivity index (χ2v) is 1.38. The van der Waals surface area contributed by atoms with Crippen LogP contribution in [-0.4, -0.2) is 12.6 Å². The Balaban J connectivity index is 3.27. The molecule has 0 bridgehead atoms. The summed E-state index contributed by atoms with van der Waals surface area (Å²) >= 11 is 0. The van der Waals surface area contributed by atoms with Gasteiger partial charge in [0, 0.05) is 0 Å². The molecule has 0 saturated carbocycles. The van der Waals surface area contributed by atoms with Crippen molar-refractivity contribution in [3.63, 3.8) is 0 Å². The molecule has 0 atom stereocenters. The van der Waals surface area contributed by atoms with Gasteiger partial charge in [-0.3, -0.25) is 9.90 Å². The fourth-order valence-corrected chi connectivity index (χ4v) is 0.364. The summed E-state index contributed by atoms with van der Waals surface area (Å²) in [4.78, 5) is 10.4. The Morgan fingerprint density at radius 3 is 2.78 bits per heavy atom. The molecule has 0 aliphatic carbocycles. The van der Waals surface area contributed by atoms with Gasteiger partial charge >= 0.3 is 5.97 Å². The van der Waals surface area contributed by atoms with Crippen molar-refractivity contribution in [3.8, 4) is 0 Å². The average molecular weight is 129 g/mol. The normalized spacial score (nSPS) is 9.89. The number of ether oxygens (including phenoxy) is 1. The van der Waals surface area contributed by atoms with Gasteiger partial charge in [-0.2, -0.15) is 0 Å². The molecule has 0 fully saturated rings. The highest BCUT2D eigenvalue weighted by Gasteiger charge is 1.94. The SMILES string of the molecule is CCOC(=O)CC=C[O]. The second-order valence-electron chi connectivity index (χ2n) is 1.38. The molecule has 3 nitrogen and oxygen atoms in total. The van der Waals surface area contributed by atoms with Gasteiger partial charge in [-0.15, -0.1) is 0 Å². The first-order chi connectivity index (χ1) is 4.31. The molecule has 0 aliphatic heterocycles. The first kappa shape index (κ1) is 8.01. The molecule has 0 aliphatic rings. The zero-order valence-corrected chi connectivity index (χ0v) is 5.29. The van der Waals surface area contributed by atoms with Gasteiger partial charge in [-0.05, 0) is 13.0 Å². The van der Waals surface area contributed by atoms with Gasteiger partial charge in [0.1, 0.15) is 6.26 Å². The number of hydrogen-bond donors (Lipinski definition) is 0. The van der Waals surface area contributed by atoms with Gasteiger partial charge in [0.25, 0.3) is 0 Å². The molecule has 0 N–H and O–H groups in total. The third-order valence-electron chi connectivity index (χ3n) is 0.686. The van der Waals surface area contributed by atoms with Crippen molar-refractivity contribution in [1.29, 1.82) is 0 Å². The maximum Gasteiger partial charge on any atom is 0.309 e. The molecular weight excluding hydrogens is 120 g/mol. The average Bonchev–Trinajstić information content (AvgIpc) is 1.85. The molecular formula is C6H9O3. The van der Waals surface area contributed by atoms with E-state index in [9.17, 15) is 9.90 Å². The molecule has 1 radical (unpaired) electrons. The van der Waals surface area contributed by atoms with E-state index in [-0.39, 0.29) is 12.4 Å². The van der Waals surface area contributed by atoms with Gasteiger partial charge in [-0.25, -0.2) is 0 Å². The molecule has 0 amide bonds. The maximum atomic E-state index is 10.4. The Morgan fingerprint density at radius 2 is 2.33 bits per heavy atom. The predicted molar refractivity (Wildman–Crippen MR) is 31.1 cm³/mol. The Labute approximate surface area is 53.9 Å². The minimum absolute atomic E-state index is 0.0807. The van der Waals surface area contributed by atoms with Crippen LogP contribution in [0, 0.1) is 0 Å². The summed E-state index contributed by atoms with van der Waals surface area (Å²) < 4.78 is 4.51. The molecule has 0 unspecified atom stereocenters. The van der Waals surface area contributed by atoms with Crippen molar-refractivity contribution in [2.75, 3.05) is 6.61 Å². The number of rotatable bonds is 3. The summed E-state index contributed by atoms with van der Waals surface area (Å²) in [6, 6.07) is 0. The third kappa shape index (κ3) is 4.87. The Kier molecular flexibility index (Phi) is 4.59. The summed E-state index contributed by atoms with van der Waals surface area (Å²) in [5.74, 6) is -0.357. The van der Waals surface area contributed by atoms with E-state index in [4.69, 9.17) is 0 Å². The lowest BCUT2D eigenvalue weighted by Crippen LogP contribution is -2.01. The topological polar surface area (TPSA) is 46.2 Å². The number of carbonyl (C=O) groups is 1. The minimum Gasteiger partial charge on any atom is -0.466 e. The van der Waals surface area contributed by atoms with Crippen LogP contribution in [0.2, 0.25) is 0 Å². The second kappa shape index (κ2) is 5.15. The summed E-state index contributed by atoms with van der Waals surface area (Å²) in [5, 5.41) is 9.65. The highest BCUT2D eigenvalue weighted by Crippen LogP contribution is 1.86. The van der Waals surface area contributed by atoms with Crippen LogP contribution in [0.3, 0.4) is 0 Å². The molecule has 9 heavy (non-hydrogen) atoms. The molecule has 0 aromatic heterocycles. The van der Waals surface area contributed by atoms with Crippen molar-refractivity contribution in [2.45, 2.75) is 13.3 Å². The molecule has 0 aromatic carbocycles. The largest absolute Gasteiger partial charge is 0.466 e. The van der Waals surface area contributed by atoms with E-state index in [1.165, 1.54) is 6.08 Å². The van der Waals surface area contributed by atoms with E-state index >= 15 is 0 Å². The lowest BCUT2D eigenvalue weighted by Gasteiger charge is -1.94. The molecule has 0 saturated heterocycles. The fraction of sp³-hybridized carbons (Fsp3) is 0.500. The monoisotopic (exact) mass is 129 g/mol. The zero-order valence-electron chi connectivity index (χ0n) is 5.29. The van der Waals surface area contributed by atoms with Crippen LogP contribution in [0.5, 0.6) is 0 Å². The lowest BCUT2D eigenvalue weighted by molar-refractivity contribution is -0.142. The van der Waals surface area contributed by atoms with Crippen LogP contribution in [0.25, 0.3) is 0 Å². The van der Waals surface area contributed by atoms with Crippen molar-refractivity contribution in [3.05, 3.63) is 12.3 Å². The van der Waals surface area contributed by atoms with E-state index in [1.807, 2.05) is 0 Å². The first-order valence-corrected chi connectivity index (χ1v) is 2.73. The third-order valence-corrected chi connectivity index (χ3v) is 0.686. The predicted octanol–water partition coefficient (Wildman–Crippen LogP) is 0.884. The summed E-state index contributed by atoms with van der Waals surface area (Å²) in [7, 11) is 0. The fourth-order valence-electron chi connectivity index (χ4n) is 0.364. The molecule has 0 heterocycles. The van der Waals surface area contributed by atoms with Crippen molar-refractivity contribution >= 4 is 5.97 Å². The van der Waals surface area contributed by atoms with E-state index in [0.29, 0.717) is 12.9 Å². The van der Waals surface area contributed by atoms with Crippen molar-refractivity contribution in [1.82, 2.24) is 0 Å². The van der Waals surface area contributed by atoms with Crippen LogP contribution in [0.1, 0.15) is 13.3 Å². The number of hydrogen-bond acceptors (Lipinski definition) is 2.